The van der Waals surface area contributed by atoms with Gasteiger partial charge in [0.15, 0.2) is 5.82 Å². The highest BCUT2D eigenvalue weighted by Crippen LogP contribution is 2.17. The predicted octanol–water partition coefficient (Wildman–Crippen LogP) is 2.62. The Morgan fingerprint density at radius 3 is 2.46 bits per heavy atom. The third kappa shape index (κ3) is 5.30. The average molecular weight is 359 g/mol. The zero-order valence-electron chi connectivity index (χ0n) is 15.7. The number of nitrogens with zero attached hydrogens (tertiary/aromatic N) is 2. The van der Waals surface area contributed by atoms with Gasteiger partial charge in [0.1, 0.15) is 18.0 Å². The van der Waals surface area contributed by atoms with Crippen LogP contribution in [0.1, 0.15) is 34.6 Å². The van der Waals surface area contributed by atoms with Crippen LogP contribution in [0.25, 0.3) is 10.9 Å². The van der Waals surface area contributed by atoms with E-state index >= 15 is 0 Å². The van der Waals surface area contributed by atoms with Crippen molar-refractivity contribution in [3.8, 4) is 0 Å². The number of rotatable bonds is 5. The van der Waals surface area contributed by atoms with Crippen LogP contribution < -0.4 is 16.2 Å². The van der Waals surface area contributed by atoms with E-state index in [-0.39, 0.29) is 5.92 Å². The number of aromatic nitrogens is 2. The largest absolute Gasteiger partial charge is 0.444 e. The molecule has 2 amide bonds. The zero-order chi connectivity index (χ0) is 19.3. The molecular formula is C18H25N5O3. The second-order valence-electron chi connectivity index (χ2n) is 7.22. The maximum Gasteiger partial charge on any atom is 0.408 e. The number of hydrogen-bond donors (Lipinski definition) is 3. The maximum atomic E-state index is 12.5. The summed E-state index contributed by atoms with van der Waals surface area (Å²) in [5, 5.41) is 3.37. The Balaban J connectivity index is 2.04. The monoisotopic (exact) mass is 359 g/mol. The van der Waals surface area contributed by atoms with E-state index in [9.17, 15) is 9.59 Å². The number of amides is 2. The Hall–Kier alpha value is -2.90. The van der Waals surface area contributed by atoms with Crippen LogP contribution in [0.4, 0.5) is 10.6 Å². The molecule has 3 N–H and O–H groups in total. The molecule has 0 spiro atoms. The van der Waals surface area contributed by atoms with Gasteiger partial charge in [-0.2, -0.15) is 0 Å². The van der Waals surface area contributed by atoms with Crippen molar-refractivity contribution in [3.05, 3.63) is 30.6 Å². The fraction of sp³-hybridized carbons (Fsp3) is 0.444. The highest BCUT2D eigenvalue weighted by atomic mass is 16.6. The Morgan fingerprint density at radius 1 is 1.12 bits per heavy atom. The maximum absolute atomic E-state index is 12.5. The normalized spacial score (nSPS) is 12.5. The van der Waals surface area contributed by atoms with Gasteiger partial charge in [-0.1, -0.05) is 26.0 Å². The number of anilines is 1. The molecule has 0 aliphatic carbocycles. The number of nitrogens with one attached hydrogen (secondary N) is 3. The summed E-state index contributed by atoms with van der Waals surface area (Å²) in [7, 11) is 0. The number of fused-ring (bicyclic) bond motifs is 1. The lowest BCUT2D eigenvalue weighted by atomic mass is 10.0. The van der Waals surface area contributed by atoms with Gasteiger partial charge in [0.2, 0.25) is 0 Å². The molecule has 1 heterocycles. The first-order valence-electron chi connectivity index (χ1n) is 8.42. The molecule has 140 valence electrons. The Morgan fingerprint density at radius 2 is 1.81 bits per heavy atom. The van der Waals surface area contributed by atoms with Crippen LogP contribution in [0.3, 0.4) is 0 Å². The van der Waals surface area contributed by atoms with Crippen LogP contribution in [0.15, 0.2) is 30.6 Å². The number of carbonyl (C=O) groups is 2. The van der Waals surface area contributed by atoms with E-state index in [0.29, 0.717) is 5.82 Å². The molecule has 0 saturated heterocycles. The van der Waals surface area contributed by atoms with Crippen molar-refractivity contribution in [3.63, 3.8) is 0 Å². The summed E-state index contributed by atoms with van der Waals surface area (Å²) in [4.78, 5) is 32.8. The van der Waals surface area contributed by atoms with Crippen molar-refractivity contribution < 1.29 is 14.3 Å². The summed E-state index contributed by atoms with van der Waals surface area (Å²) >= 11 is 0. The molecule has 0 saturated carbocycles. The minimum absolute atomic E-state index is 0.133. The quantitative estimate of drug-likeness (QED) is 0.709. The lowest BCUT2D eigenvalue weighted by molar-refractivity contribution is -0.123. The molecule has 8 heteroatoms. The van der Waals surface area contributed by atoms with Crippen molar-refractivity contribution in [2.24, 2.45) is 5.92 Å². The van der Waals surface area contributed by atoms with E-state index in [1.807, 2.05) is 38.1 Å². The molecule has 1 aromatic heterocycles. The number of carbonyl (C=O) groups excluding carboxylic acids is 2. The van der Waals surface area contributed by atoms with E-state index in [4.69, 9.17) is 4.74 Å². The van der Waals surface area contributed by atoms with Gasteiger partial charge in [0, 0.05) is 5.39 Å². The van der Waals surface area contributed by atoms with Crippen LogP contribution in [0, 0.1) is 5.92 Å². The van der Waals surface area contributed by atoms with Gasteiger partial charge in [-0.05, 0) is 38.8 Å². The highest BCUT2D eigenvalue weighted by molar-refractivity contribution is 5.91. The number of alkyl carbamates (subject to hydrolysis) is 1. The van der Waals surface area contributed by atoms with Crippen molar-refractivity contribution in [2.75, 3.05) is 5.43 Å². The lowest BCUT2D eigenvalue weighted by Gasteiger charge is -2.25. The molecule has 0 fully saturated rings. The van der Waals surface area contributed by atoms with Gasteiger partial charge >= 0.3 is 6.09 Å². The van der Waals surface area contributed by atoms with Gasteiger partial charge in [-0.3, -0.25) is 15.6 Å². The van der Waals surface area contributed by atoms with Crippen LogP contribution in [-0.4, -0.2) is 33.6 Å². The number of ether oxygens (including phenoxy) is 1. The first-order chi connectivity index (χ1) is 12.2. The molecule has 0 bridgehead atoms. The Bertz CT molecular complexity index is 780. The smallest absolute Gasteiger partial charge is 0.408 e. The van der Waals surface area contributed by atoms with Crippen molar-refractivity contribution in [1.29, 1.82) is 0 Å². The fourth-order valence-corrected chi connectivity index (χ4v) is 2.27. The fourth-order valence-electron chi connectivity index (χ4n) is 2.27. The zero-order valence-corrected chi connectivity index (χ0v) is 15.7. The third-order valence-corrected chi connectivity index (χ3v) is 3.47. The molecule has 1 atom stereocenters. The van der Waals surface area contributed by atoms with E-state index in [2.05, 4.69) is 26.1 Å². The predicted molar refractivity (Wildman–Crippen MR) is 99.3 cm³/mol. The second-order valence-corrected chi connectivity index (χ2v) is 7.22. The summed E-state index contributed by atoms with van der Waals surface area (Å²) in [6, 6.07) is 6.68. The SMILES string of the molecule is CC(C)C(NC(=O)OC(C)(C)C)C(=O)NNc1ncnc2ccccc12. The number of para-hydroxylation sites is 1. The summed E-state index contributed by atoms with van der Waals surface area (Å²) < 4.78 is 5.22. The van der Waals surface area contributed by atoms with Gasteiger partial charge < -0.3 is 10.1 Å². The average Bonchev–Trinajstić information content (AvgIpc) is 2.55. The van der Waals surface area contributed by atoms with E-state index in [1.54, 1.807) is 20.8 Å². The van der Waals surface area contributed by atoms with E-state index < -0.39 is 23.6 Å². The van der Waals surface area contributed by atoms with Crippen molar-refractivity contribution in [2.45, 2.75) is 46.3 Å². The van der Waals surface area contributed by atoms with Crippen molar-refractivity contribution >= 4 is 28.7 Å². The summed E-state index contributed by atoms with van der Waals surface area (Å²) in [5.41, 5.74) is 5.51. The molecule has 1 unspecified atom stereocenters. The number of benzene rings is 1. The molecule has 0 aliphatic heterocycles. The Kier molecular flexibility index (Phi) is 5.97. The first kappa shape index (κ1) is 19.4. The van der Waals surface area contributed by atoms with Crippen LogP contribution in [0.2, 0.25) is 0 Å². The van der Waals surface area contributed by atoms with Crippen molar-refractivity contribution in [1.82, 2.24) is 20.7 Å². The number of hydrogen-bond acceptors (Lipinski definition) is 6. The van der Waals surface area contributed by atoms with Gasteiger partial charge in [-0.25, -0.2) is 14.8 Å². The van der Waals surface area contributed by atoms with E-state index in [0.717, 1.165) is 10.9 Å². The molecule has 8 nitrogen and oxygen atoms in total. The summed E-state index contributed by atoms with van der Waals surface area (Å²) in [5.74, 6) is -0.0521. The summed E-state index contributed by atoms with van der Waals surface area (Å²) in [6.45, 7) is 8.96. The Labute approximate surface area is 152 Å². The number of hydrazine groups is 1. The van der Waals surface area contributed by atoms with Crippen LogP contribution in [-0.2, 0) is 9.53 Å². The van der Waals surface area contributed by atoms with Gasteiger partial charge in [0.05, 0.1) is 5.52 Å². The molecule has 2 rings (SSSR count). The highest BCUT2D eigenvalue weighted by Gasteiger charge is 2.27. The first-order valence-corrected chi connectivity index (χ1v) is 8.42. The second kappa shape index (κ2) is 7.99. The minimum atomic E-state index is -0.759. The standard InChI is InChI=1S/C18H25N5O3/c1-11(2)14(21-17(25)26-18(3,4)5)16(24)23-22-15-12-8-6-7-9-13(12)19-10-20-15/h6-11,14H,1-5H3,(H,21,25)(H,23,24)(H,19,20,22). The molecular weight excluding hydrogens is 334 g/mol. The topological polar surface area (TPSA) is 105 Å². The molecule has 1 aromatic carbocycles. The van der Waals surface area contributed by atoms with Crippen LogP contribution in [0.5, 0.6) is 0 Å². The van der Waals surface area contributed by atoms with Crippen LogP contribution >= 0.6 is 0 Å². The van der Waals surface area contributed by atoms with E-state index in [1.165, 1.54) is 6.33 Å². The third-order valence-electron chi connectivity index (χ3n) is 3.47. The molecule has 2 aromatic rings. The molecule has 26 heavy (non-hydrogen) atoms. The van der Waals surface area contributed by atoms with Gasteiger partial charge in [0.25, 0.3) is 5.91 Å². The minimum Gasteiger partial charge on any atom is -0.444 e. The molecule has 0 aliphatic rings. The molecule has 0 radical (unpaired) electrons. The summed E-state index contributed by atoms with van der Waals surface area (Å²) in [6.07, 6.45) is 0.772. The van der Waals surface area contributed by atoms with Gasteiger partial charge in [-0.15, -0.1) is 0 Å². The lowest BCUT2D eigenvalue weighted by Crippen LogP contribution is -2.52.